The molecule has 0 N–H and O–H groups in total. The Kier molecular flexibility index (Phi) is 7.64. The Morgan fingerprint density at radius 3 is 2.74 bits per heavy atom. The monoisotopic (exact) mass is 263 g/mol. The van der Waals surface area contributed by atoms with Crippen molar-refractivity contribution in [1.82, 2.24) is 0 Å². The highest BCUT2D eigenvalue weighted by Gasteiger charge is 1.97. The van der Waals surface area contributed by atoms with E-state index in [0.717, 1.165) is 12.2 Å². The van der Waals surface area contributed by atoms with E-state index in [1.54, 1.807) is 12.1 Å². The molecule has 4 nitrogen and oxygen atoms in total. The molecule has 0 unspecified atom stereocenters. The fourth-order valence-electron chi connectivity index (χ4n) is 1.45. The third kappa shape index (κ3) is 7.45. The summed E-state index contributed by atoms with van der Waals surface area (Å²) in [5.41, 5.74) is 0.611. The van der Waals surface area contributed by atoms with Gasteiger partial charge in [0.25, 0.3) is 0 Å². The normalized spacial score (nSPS) is 10.4. The SMILES string of the molecule is CC(C)OCCOCCCOc1cccc(C#N)c1. The average molecular weight is 263 g/mol. The maximum absolute atomic E-state index is 8.76. The first-order chi connectivity index (χ1) is 9.22. The van der Waals surface area contributed by atoms with Crippen LogP contribution in [0.25, 0.3) is 0 Å². The van der Waals surface area contributed by atoms with Crippen LogP contribution in [-0.2, 0) is 9.47 Å². The molecule has 0 spiro atoms. The van der Waals surface area contributed by atoms with Crippen molar-refractivity contribution in [3.63, 3.8) is 0 Å². The molecule has 4 heteroatoms. The predicted octanol–water partition coefficient (Wildman–Crippen LogP) is 2.77. The maximum atomic E-state index is 8.76. The minimum Gasteiger partial charge on any atom is -0.493 e. The van der Waals surface area contributed by atoms with Crippen molar-refractivity contribution in [2.75, 3.05) is 26.4 Å². The molecule has 0 radical (unpaired) electrons. The van der Waals surface area contributed by atoms with Gasteiger partial charge in [0, 0.05) is 13.0 Å². The topological polar surface area (TPSA) is 51.5 Å². The summed E-state index contributed by atoms with van der Waals surface area (Å²) < 4.78 is 16.3. The molecule has 0 aliphatic rings. The van der Waals surface area contributed by atoms with Gasteiger partial charge >= 0.3 is 0 Å². The second kappa shape index (κ2) is 9.37. The van der Waals surface area contributed by atoms with Crippen LogP contribution in [0.4, 0.5) is 0 Å². The first kappa shape index (κ1) is 15.5. The van der Waals surface area contributed by atoms with Crippen molar-refractivity contribution in [3.8, 4) is 11.8 Å². The molecule has 0 heterocycles. The van der Waals surface area contributed by atoms with E-state index in [9.17, 15) is 0 Å². The lowest BCUT2D eigenvalue weighted by Gasteiger charge is -2.09. The van der Waals surface area contributed by atoms with Crippen molar-refractivity contribution in [2.45, 2.75) is 26.4 Å². The fourth-order valence-corrected chi connectivity index (χ4v) is 1.45. The van der Waals surface area contributed by atoms with E-state index in [-0.39, 0.29) is 6.10 Å². The van der Waals surface area contributed by atoms with Crippen LogP contribution in [0, 0.1) is 11.3 Å². The molecule has 0 aliphatic carbocycles. The van der Waals surface area contributed by atoms with Crippen molar-refractivity contribution >= 4 is 0 Å². The molecule has 0 aromatic heterocycles. The number of hydrogen-bond acceptors (Lipinski definition) is 4. The van der Waals surface area contributed by atoms with E-state index in [4.69, 9.17) is 19.5 Å². The highest BCUT2D eigenvalue weighted by atomic mass is 16.5. The van der Waals surface area contributed by atoms with Gasteiger partial charge < -0.3 is 14.2 Å². The van der Waals surface area contributed by atoms with E-state index < -0.39 is 0 Å². The molecule has 19 heavy (non-hydrogen) atoms. The van der Waals surface area contributed by atoms with E-state index in [1.165, 1.54) is 0 Å². The fraction of sp³-hybridized carbons (Fsp3) is 0.533. The van der Waals surface area contributed by atoms with Gasteiger partial charge in [-0.25, -0.2) is 0 Å². The standard InChI is InChI=1S/C15H21NO3/c1-13(2)18-10-9-17-7-4-8-19-15-6-3-5-14(11-15)12-16/h3,5-6,11,13H,4,7-10H2,1-2H3. The molecule has 0 fully saturated rings. The minimum atomic E-state index is 0.249. The Balaban J connectivity index is 2.03. The molecule has 0 saturated heterocycles. The highest BCUT2D eigenvalue weighted by molar-refractivity contribution is 5.36. The molecule has 0 bridgehead atoms. The van der Waals surface area contributed by atoms with Gasteiger partial charge in [-0.15, -0.1) is 0 Å². The molecule has 0 aliphatic heterocycles. The number of benzene rings is 1. The van der Waals surface area contributed by atoms with Crippen LogP contribution in [0.15, 0.2) is 24.3 Å². The van der Waals surface area contributed by atoms with Gasteiger partial charge in [0.2, 0.25) is 0 Å². The average Bonchev–Trinajstić information content (AvgIpc) is 2.41. The Labute approximate surface area is 114 Å². The van der Waals surface area contributed by atoms with E-state index >= 15 is 0 Å². The smallest absolute Gasteiger partial charge is 0.120 e. The molecule has 0 amide bonds. The van der Waals surface area contributed by atoms with Gasteiger partial charge in [0.15, 0.2) is 0 Å². The minimum absolute atomic E-state index is 0.249. The van der Waals surface area contributed by atoms with Crippen LogP contribution in [0.3, 0.4) is 0 Å². The number of rotatable bonds is 9. The predicted molar refractivity (Wildman–Crippen MR) is 73.2 cm³/mol. The summed E-state index contributed by atoms with van der Waals surface area (Å²) in [5.74, 6) is 0.724. The molecule has 0 saturated carbocycles. The first-order valence-corrected chi connectivity index (χ1v) is 6.54. The second-order valence-corrected chi connectivity index (χ2v) is 4.37. The molecular weight excluding hydrogens is 242 g/mol. The van der Waals surface area contributed by atoms with Gasteiger partial charge in [-0.05, 0) is 32.0 Å². The second-order valence-electron chi connectivity index (χ2n) is 4.37. The lowest BCUT2D eigenvalue weighted by molar-refractivity contribution is 0.0170. The largest absolute Gasteiger partial charge is 0.493 e. The zero-order chi connectivity index (χ0) is 13.9. The van der Waals surface area contributed by atoms with E-state index in [0.29, 0.717) is 32.0 Å². The first-order valence-electron chi connectivity index (χ1n) is 6.54. The molecular formula is C15H21NO3. The number of ether oxygens (including phenoxy) is 3. The van der Waals surface area contributed by atoms with Crippen LogP contribution in [0.2, 0.25) is 0 Å². The van der Waals surface area contributed by atoms with Crippen molar-refractivity contribution in [2.24, 2.45) is 0 Å². The van der Waals surface area contributed by atoms with Gasteiger partial charge in [-0.2, -0.15) is 5.26 Å². The summed E-state index contributed by atoms with van der Waals surface area (Å²) in [6.45, 7) is 6.48. The number of nitriles is 1. The van der Waals surface area contributed by atoms with Crippen molar-refractivity contribution < 1.29 is 14.2 Å². The van der Waals surface area contributed by atoms with Crippen LogP contribution in [0.1, 0.15) is 25.8 Å². The van der Waals surface area contributed by atoms with Gasteiger partial charge in [0.05, 0.1) is 37.6 Å². The summed E-state index contributed by atoms with van der Waals surface area (Å²) in [6.07, 6.45) is 1.07. The molecule has 1 rings (SSSR count). The number of hydrogen-bond donors (Lipinski definition) is 0. The quantitative estimate of drug-likeness (QED) is 0.643. The third-order valence-electron chi connectivity index (χ3n) is 2.34. The number of nitrogens with zero attached hydrogens (tertiary/aromatic N) is 1. The zero-order valence-electron chi connectivity index (χ0n) is 11.6. The molecule has 104 valence electrons. The Morgan fingerprint density at radius 1 is 1.16 bits per heavy atom. The third-order valence-corrected chi connectivity index (χ3v) is 2.34. The van der Waals surface area contributed by atoms with Crippen LogP contribution in [0.5, 0.6) is 5.75 Å². The summed E-state index contributed by atoms with van der Waals surface area (Å²) in [4.78, 5) is 0. The van der Waals surface area contributed by atoms with E-state index in [2.05, 4.69) is 6.07 Å². The van der Waals surface area contributed by atoms with E-state index in [1.807, 2.05) is 26.0 Å². The maximum Gasteiger partial charge on any atom is 0.120 e. The Hall–Kier alpha value is -1.57. The summed E-state index contributed by atoms with van der Waals surface area (Å²) in [6, 6.07) is 9.23. The molecule has 1 aromatic carbocycles. The zero-order valence-corrected chi connectivity index (χ0v) is 11.6. The summed E-state index contributed by atoms with van der Waals surface area (Å²) >= 11 is 0. The van der Waals surface area contributed by atoms with Gasteiger partial charge in [-0.3, -0.25) is 0 Å². The molecule has 0 atom stereocenters. The molecule has 1 aromatic rings. The Morgan fingerprint density at radius 2 is 2.00 bits per heavy atom. The highest BCUT2D eigenvalue weighted by Crippen LogP contribution is 2.12. The van der Waals surface area contributed by atoms with Gasteiger partial charge in [0.1, 0.15) is 5.75 Å². The van der Waals surface area contributed by atoms with Crippen molar-refractivity contribution in [3.05, 3.63) is 29.8 Å². The summed E-state index contributed by atoms with van der Waals surface area (Å²) in [5, 5.41) is 8.76. The van der Waals surface area contributed by atoms with Gasteiger partial charge in [-0.1, -0.05) is 6.07 Å². The van der Waals surface area contributed by atoms with Crippen LogP contribution >= 0.6 is 0 Å². The Bertz CT molecular complexity index is 399. The lowest BCUT2D eigenvalue weighted by Crippen LogP contribution is -2.11. The van der Waals surface area contributed by atoms with Crippen LogP contribution < -0.4 is 4.74 Å². The van der Waals surface area contributed by atoms with Crippen molar-refractivity contribution in [1.29, 1.82) is 5.26 Å². The summed E-state index contributed by atoms with van der Waals surface area (Å²) in [7, 11) is 0. The lowest BCUT2D eigenvalue weighted by atomic mass is 10.2. The van der Waals surface area contributed by atoms with Crippen LogP contribution in [-0.4, -0.2) is 32.5 Å².